The molecular weight excluding hydrogens is 290 g/mol. The average Bonchev–Trinajstić information content (AvgIpc) is 2.79. The maximum atomic E-state index is 6.44. The Morgan fingerprint density at radius 1 is 1.19 bits per heavy atom. The van der Waals surface area contributed by atoms with Gasteiger partial charge in [-0.05, 0) is 39.5 Å². The number of hydrogen-bond donors (Lipinski definition) is 4. The molecule has 7 unspecified atom stereocenters. The number of ether oxygens (including phenoxy) is 1. The molecule has 0 spiro atoms. The lowest BCUT2D eigenvalue weighted by molar-refractivity contribution is 0.00323. The third-order valence-corrected chi connectivity index (χ3v) is 5.29. The third-order valence-electron chi connectivity index (χ3n) is 4.83. The fraction of sp³-hybridized carbons (Fsp3) is 1.00. The Bertz CT molecular complexity index is 360. The molecule has 7 atom stereocenters. The van der Waals surface area contributed by atoms with Gasteiger partial charge in [0.15, 0.2) is 0 Å². The van der Waals surface area contributed by atoms with Crippen LogP contribution in [0.2, 0.25) is 0 Å². The molecule has 0 amide bonds. The molecule has 0 aromatic rings. The highest BCUT2D eigenvalue weighted by atomic mass is 35.5. The highest BCUT2D eigenvalue weighted by Crippen LogP contribution is 2.27. The highest BCUT2D eigenvalue weighted by Gasteiger charge is 2.40. The van der Waals surface area contributed by atoms with E-state index >= 15 is 0 Å². The lowest BCUT2D eigenvalue weighted by atomic mass is 9.92. The first-order valence-electron chi connectivity index (χ1n) is 8.06. The SMILES string of the molecule is COC1CCC(NC2CC(C)NC3NC(C)NN23)CC1Cl. The topological polar surface area (TPSA) is 60.6 Å². The molecule has 3 fully saturated rings. The summed E-state index contributed by atoms with van der Waals surface area (Å²) >= 11 is 6.44. The molecule has 21 heavy (non-hydrogen) atoms. The largest absolute Gasteiger partial charge is 0.380 e. The Labute approximate surface area is 132 Å². The van der Waals surface area contributed by atoms with E-state index in [0.29, 0.717) is 24.4 Å². The van der Waals surface area contributed by atoms with Gasteiger partial charge in [-0.1, -0.05) is 0 Å². The van der Waals surface area contributed by atoms with Crippen LogP contribution >= 0.6 is 11.6 Å². The Morgan fingerprint density at radius 2 is 2.00 bits per heavy atom. The van der Waals surface area contributed by atoms with Gasteiger partial charge >= 0.3 is 0 Å². The quantitative estimate of drug-likeness (QED) is 0.569. The minimum absolute atomic E-state index is 0.111. The van der Waals surface area contributed by atoms with Crippen molar-refractivity contribution in [2.45, 2.75) is 81.7 Å². The van der Waals surface area contributed by atoms with E-state index in [1.807, 2.05) is 0 Å². The number of nitrogens with zero attached hydrogens (tertiary/aromatic N) is 1. The van der Waals surface area contributed by atoms with E-state index in [9.17, 15) is 0 Å². The summed E-state index contributed by atoms with van der Waals surface area (Å²) in [5.41, 5.74) is 3.49. The van der Waals surface area contributed by atoms with Crippen LogP contribution in [0.5, 0.6) is 0 Å². The predicted molar refractivity (Wildman–Crippen MR) is 83.6 cm³/mol. The number of nitrogens with one attached hydrogen (secondary N) is 4. The van der Waals surface area contributed by atoms with Crippen molar-refractivity contribution >= 4 is 11.6 Å². The molecule has 4 N–H and O–H groups in total. The fourth-order valence-electron chi connectivity index (χ4n) is 3.76. The summed E-state index contributed by atoms with van der Waals surface area (Å²) in [6, 6.07) is 0.956. The summed E-state index contributed by atoms with van der Waals surface area (Å²) in [7, 11) is 1.76. The van der Waals surface area contributed by atoms with Gasteiger partial charge in [0.2, 0.25) is 0 Å². The van der Waals surface area contributed by atoms with Gasteiger partial charge in [0, 0.05) is 19.2 Å². The van der Waals surface area contributed by atoms with Gasteiger partial charge in [-0.2, -0.15) is 5.01 Å². The Morgan fingerprint density at radius 3 is 2.71 bits per heavy atom. The zero-order chi connectivity index (χ0) is 15.0. The van der Waals surface area contributed by atoms with Crippen molar-refractivity contribution in [2.75, 3.05) is 7.11 Å². The molecular formula is C14H28ClN5O. The van der Waals surface area contributed by atoms with Crippen molar-refractivity contribution in [2.24, 2.45) is 0 Å². The zero-order valence-electron chi connectivity index (χ0n) is 13.1. The average molecular weight is 318 g/mol. The lowest BCUT2D eigenvalue weighted by Gasteiger charge is -2.43. The highest BCUT2D eigenvalue weighted by molar-refractivity contribution is 6.21. The zero-order valence-corrected chi connectivity index (χ0v) is 13.9. The monoisotopic (exact) mass is 317 g/mol. The van der Waals surface area contributed by atoms with Gasteiger partial charge in [-0.25, -0.2) is 5.43 Å². The summed E-state index contributed by atoms with van der Waals surface area (Å²) in [6.45, 7) is 4.38. The van der Waals surface area contributed by atoms with E-state index in [-0.39, 0.29) is 17.8 Å². The number of methoxy groups -OCH3 is 1. The normalized spacial score (nSPS) is 48.3. The first-order chi connectivity index (χ1) is 10.1. The standard InChI is InChI=1S/C14H28ClN5O/c1-8-6-13(20-14(16-8)17-9(2)19-20)18-10-4-5-12(21-3)11(15)7-10/h8-14,16-19H,4-7H2,1-3H3. The molecule has 0 bridgehead atoms. The van der Waals surface area contributed by atoms with Crippen molar-refractivity contribution in [3.8, 4) is 0 Å². The first kappa shape index (κ1) is 15.9. The maximum absolute atomic E-state index is 6.44. The number of hydrogen-bond acceptors (Lipinski definition) is 6. The molecule has 7 heteroatoms. The molecule has 1 saturated carbocycles. The van der Waals surface area contributed by atoms with E-state index in [0.717, 1.165) is 25.7 Å². The van der Waals surface area contributed by atoms with Crippen molar-refractivity contribution in [1.29, 1.82) is 0 Å². The molecule has 6 nitrogen and oxygen atoms in total. The molecule has 0 aromatic heterocycles. The van der Waals surface area contributed by atoms with Crippen molar-refractivity contribution in [3.63, 3.8) is 0 Å². The molecule has 2 heterocycles. The van der Waals surface area contributed by atoms with E-state index in [1.54, 1.807) is 7.11 Å². The maximum Gasteiger partial charge on any atom is 0.130 e. The van der Waals surface area contributed by atoms with Gasteiger partial charge in [0.25, 0.3) is 0 Å². The van der Waals surface area contributed by atoms with Crippen LogP contribution in [0.4, 0.5) is 0 Å². The number of halogens is 1. The molecule has 2 aliphatic heterocycles. The van der Waals surface area contributed by atoms with Crippen LogP contribution in [-0.4, -0.2) is 54.3 Å². The number of rotatable bonds is 3. The smallest absolute Gasteiger partial charge is 0.130 e. The minimum atomic E-state index is 0.111. The first-order valence-corrected chi connectivity index (χ1v) is 8.50. The van der Waals surface area contributed by atoms with Crippen molar-refractivity contribution < 1.29 is 4.74 Å². The second-order valence-corrected chi connectivity index (χ2v) is 7.17. The van der Waals surface area contributed by atoms with Crippen molar-refractivity contribution in [3.05, 3.63) is 0 Å². The lowest BCUT2D eigenvalue weighted by Crippen LogP contribution is -2.67. The Balaban J connectivity index is 1.59. The summed E-state index contributed by atoms with van der Waals surface area (Å²) in [6.07, 6.45) is 5.24. The van der Waals surface area contributed by atoms with Crippen LogP contribution in [0, 0.1) is 0 Å². The van der Waals surface area contributed by atoms with Gasteiger partial charge in [0.1, 0.15) is 6.29 Å². The van der Waals surface area contributed by atoms with Crippen LogP contribution < -0.4 is 21.4 Å². The van der Waals surface area contributed by atoms with Crippen LogP contribution in [-0.2, 0) is 4.74 Å². The van der Waals surface area contributed by atoms with Gasteiger partial charge in [-0.15, -0.1) is 11.6 Å². The second kappa shape index (κ2) is 6.66. The van der Waals surface area contributed by atoms with Crippen molar-refractivity contribution in [1.82, 2.24) is 26.4 Å². The van der Waals surface area contributed by atoms with Crippen LogP contribution in [0.15, 0.2) is 0 Å². The summed E-state index contributed by atoms with van der Waals surface area (Å²) < 4.78 is 5.44. The summed E-state index contributed by atoms with van der Waals surface area (Å²) in [4.78, 5) is 0. The second-order valence-electron chi connectivity index (χ2n) is 6.61. The van der Waals surface area contributed by atoms with Gasteiger partial charge in [0.05, 0.1) is 23.8 Å². The van der Waals surface area contributed by atoms with Crippen LogP contribution in [0.3, 0.4) is 0 Å². The van der Waals surface area contributed by atoms with E-state index in [1.165, 1.54) is 0 Å². The van der Waals surface area contributed by atoms with E-state index in [2.05, 4.69) is 40.2 Å². The van der Waals surface area contributed by atoms with Crippen LogP contribution in [0.25, 0.3) is 0 Å². The van der Waals surface area contributed by atoms with E-state index in [4.69, 9.17) is 16.3 Å². The Kier molecular flexibility index (Phi) is 5.05. The van der Waals surface area contributed by atoms with Crippen LogP contribution in [0.1, 0.15) is 39.5 Å². The number of hydrazine groups is 1. The molecule has 3 aliphatic rings. The molecule has 1 aliphatic carbocycles. The third kappa shape index (κ3) is 3.52. The van der Waals surface area contributed by atoms with E-state index < -0.39 is 0 Å². The minimum Gasteiger partial charge on any atom is -0.380 e. The Hall–Kier alpha value is 0.0500. The number of alkyl halides is 1. The molecule has 3 rings (SSSR count). The summed E-state index contributed by atoms with van der Waals surface area (Å²) in [5.74, 6) is 0. The van der Waals surface area contributed by atoms with Gasteiger partial charge in [-0.3, -0.25) is 16.0 Å². The molecule has 0 radical (unpaired) electrons. The number of fused-ring (bicyclic) bond motifs is 1. The fourth-order valence-corrected chi connectivity index (χ4v) is 4.21. The summed E-state index contributed by atoms with van der Waals surface area (Å²) in [5, 5.41) is 13.2. The molecule has 2 saturated heterocycles. The predicted octanol–water partition coefficient (Wildman–Crippen LogP) is 0.498. The molecule has 0 aromatic carbocycles. The van der Waals surface area contributed by atoms with Gasteiger partial charge < -0.3 is 4.74 Å². The molecule has 122 valence electrons.